The third kappa shape index (κ3) is 4.51. The fourth-order valence-corrected chi connectivity index (χ4v) is 3.54. The largest absolute Gasteiger partial charge is 0.507 e. The number of carbonyl (C=O) groups is 1. The number of carbonyl (C=O) groups excluding carboxylic acids is 1. The van der Waals surface area contributed by atoms with E-state index in [9.17, 15) is 20.0 Å². The first kappa shape index (κ1) is 21.9. The van der Waals surface area contributed by atoms with Gasteiger partial charge in [0.05, 0.1) is 10.5 Å². The van der Waals surface area contributed by atoms with E-state index in [1.54, 1.807) is 12.1 Å². The molecule has 1 aromatic heterocycles. The number of benzene rings is 3. The number of thiocarbonyl (C=S) groups is 1. The Labute approximate surface area is 193 Å². The van der Waals surface area contributed by atoms with Crippen LogP contribution in [-0.4, -0.2) is 26.0 Å². The van der Waals surface area contributed by atoms with E-state index in [0.717, 1.165) is 5.56 Å². The summed E-state index contributed by atoms with van der Waals surface area (Å²) in [6, 6.07) is 14.5. The van der Waals surface area contributed by atoms with E-state index in [0.29, 0.717) is 22.4 Å². The number of phenolic OH excluding ortho intramolecular Hbond substituents is 1. The number of anilines is 1. The number of oxazole rings is 1. The highest BCUT2D eigenvalue weighted by molar-refractivity contribution is 7.80. The minimum atomic E-state index is -0.581. The van der Waals surface area contributed by atoms with Gasteiger partial charge in [-0.3, -0.25) is 20.2 Å². The first-order valence-corrected chi connectivity index (χ1v) is 10.2. The molecule has 4 rings (SSSR count). The average molecular weight is 462 g/mol. The lowest BCUT2D eigenvalue weighted by Crippen LogP contribution is -2.34. The van der Waals surface area contributed by atoms with E-state index in [1.165, 1.54) is 31.2 Å². The van der Waals surface area contributed by atoms with Gasteiger partial charge in [-0.05, 0) is 68.0 Å². The number of nitrogens with one attached hydrogen (secondary N) is 2. The number of hydrogen-bond acceptors (Lipinski definition) is 7. The fraction of sp³-hybridized carbons (Fsp3) is 0.0870. The van der Waals surface area contributed by atoms with E-state index < -0.39 is 10.8 Å². The summed E-state index contributed by atoms with van der Waals surface area (Å²) in [6.07, 6.45) is 0. The van der Waals surface area contributed by atoms with Crippen LogP contribution in [-0.2, 0) is 0 Å². The second kappa shape index (κ2) is 8.67. The number of nitro benzene ring substituents is 1. The Balaban J connectivity index is 1.54. The number of aromatic hydroxyl groups is 1. The van der Waals surface area contributed by atoms with E-state index in [-0.39, 0.29) is 33.6 Å². The summed E-state index contributed by atoms with van der Waals surface area (Å²) < 4.78 is 5.79. The summed E-state index contributed by atoms with van der Waals surface area (Å²) in [5.41, 5.74) is 3.31. The third-order valence-corrected chi connectivity index (χ3v) is 5.21. The van der Waals surface area contributed by atoms with Crippen LogP contribution in [0.5, 0.6) is 5.75 Å². The first-order valence-electron chi connectivity index (χ1n) is 9.80. The third-order valence-electron chi connectivity index (χ3n) is 5.00. The van der Waals surface area contributed by atoms with Gasteiger partial charge in [-0.2, -0.15) is 0 Å². The summed E-state index contributed by atoms with van der Waals surface area (Å²) in [7, 11) is 0. The van der Waals surface area contributed by atoms with Crippen molar-refractivity contribution in [3.8, 4) is 17.2 Å². The Morgan fingerprint density at radius 1 is 1.15 bits per heavy atom. The maximum Gasteiger partial charge on any atom is 0.273 e. The summed E-state index contributed by atoms with van der Waals surface area (Å²) in [5.74, 6) is -0.382. The molecule has 33 heavy (non-hydrogen) atoms. The van der Waals surface area contributed by atoms with Crippen molar-refractivity contribution in [2.75, 3.05) is 5.32 Å². The molecule has 0 saturated heterocycles. The van der Waals surface area contributed by atoms with Crippen LogP contribution in [0.1, 0.15) is 21.5 Å². The number of amides is 1. The summed E-state index contributed by atoms with van der Waals surface area (Å²) in [6.45, 7) is 3.44. The zero-order valence-corrected chi connectivity index (χ0v) is 18.4. The minimum absolute atomic E-state index is 0.0178. The smallest absolute Gasteiger partial charge is 0.273 e. The van der Waals surface area contributed by atoms with E-state index >= 15 is 0 Å². The number of hydrogen-bond donors (Lipinski definition) is 3. The molecule has 166 valence electrons. The summed E-state index contributed by atoms with van der Waals surface area (Å²) in [4.78, 5) is 27.6. The van der Waals surface area contributed by atoms with E-state index in [2.05, 4.69) is 15.6 Å². The molecule has 0 aliphatic rings. The van der Waals surface area contributed by atoms with Crippen molar-refractivity contribution in [1.82, 2.24) is 10.3 Å². The molecule has 0 unspecified atom stereocenters. The van der Waals surface area contributed by atoms with Crippen LogP contribution in [0.4, 0.5) is 11.4 Å². The molecule has 9 nitrogen and oxygen atoms in total. The molecule has 0 fully saturated rings. The average Bonchev–Trinajstić information content (AvgIpc) is 3.17. The molecule has 3 aromatic carbocycles. The highest BCUT2D eigenvalue weighted by Crippen LogP contribution is 2.33. The molecule has 0 radical (unpaired) electrons. The van der Waals surface area contributed by atoms with Crippen LogP contribution in [0.15, 0.2) is 59.0 Å². The number of aromatic nitrogens is 1. The molecule has 0 atom stereocenters. The second-order valence-electron chi connectivity index (χ2n) is 7.34. The standard InChI is InChI=1S/C23H18N4O5S/c1-12-6-8-17-20(10-12)32-22(25-17)16-11-14(7-9-19(16)28)24-23(33)26-21(29)15-4-3-5-18(13(15)2)27(30)31/h3-11,28H,1-2H3,(H2,24,26,29,33). The van der Waals surface area contributed by atoms with Gasteiger partial charge >= 0.3 is 0 Å². The molecular weight excluding hydrogens is 444 g/mol. The van der Waals surface area contributed by atoms with Crippen LogP contribution >= 0.6 is 12.2 Å². The summed E-state index contributed by atoms with van der Waals surface area (Å²) in [5, 5.41) is 26.8. The van der Waals surface area contributed by atoms with Crippen molar-refractivity contribution in [1.29, 1.82) is 0 Å². The van der Waals surface area contributed by atoms with Crippen molar-refractivity contribution in [2.24, 2.45) is 0 Å². The van der Waals surface area contributed by atoms with Gasteiger partial charge in [0.25, 0.3) is 11.6 Å². The van der Waals surface area contributed by atoms with Crippen LogP contribution in [0, 0.1) is 24.0 Å². The van der Waals surface area contributed by atoms with E-state index in [4.69, 9.17) is 16.6 Å². The Kier molecular flexibility index (Phi) is 5.76. The first-order chi connectivity index (χ1) is 15.7. The monoisotopic (exact) mass is 462 g/mol. The lowest BCUT2D eigenvalue weighted by molar-refractivity contribution is -0.385. The Morgan fingerprint density at radius 2 is 1.94 bits per heavy atom. The van der Waals surface area contributed by atoms with Gasteiger partial charge in [0.2, 0.25) is 5.89 Å². The lowest BCUT2D eigenvalue weighted by atomic mass is 10.1. The molecule has 0 saturated carbocycles. The highest BCUT2D eigenvalue weighted by atomic mass is 32.1. The molecule has 0 spiro atoms. The van der Waals surface area contributed by atoms with Gasteiger partial charge in [-0.1, -0.05) is 12.1 Å². The quantitative estimate of drug-likeness (QED) is 0.170. The van der Waals surface area contributed by atoms with Crippen molar-refractivity contribution >= 4 is 45.7 Å². The number of nitro groups is 1. The minimum Gasteiger partial charge on any atom is -0.507 e. The van der Waals surface area contributed by atoms with Crippen molar-refractivity contribution < 1.29 is 19.2 Å². The zero-order valence-electron chi connectivity index (χ0n) is 17.6. The molecule has 0 aliphatic heterocycles. The molecule has 4 aromatic rings. The zero-order chi connectivity index (χ0) is 23.7. The number of nitrogens with zero attached hydrogens (tertiary/aromatic N) is 2. The maximum atomic E-state index is 12.6. The van der Waals surface area contributed by atoms with Crippen molar-refractivity contribution in [3.63, 3.8) is 0 Å². The number of fused-ring (bicyclic) bond motifs is 1. The molecule has 0 bridgehead atoms. The van der Waals surface area contributed by atoms with Crippen molar-refractivity contribution in [2.45, 2.75) is 13.8 Å². The Hall–Kier alpha value is -4.31. The fourth-order valence-electron chi connectivity index (χ4n) is 3.33. The topological polar surface area (TPSA) is 131 Å². The van der Waals surface area contributed by atoms with Gasteiger partial charge < -0.3 is 14.8 Å². The summed E-state index contributed by atoms with van der Waals surface area (Å²) >= 11 is 5.22. The molecule has 3 N–H and O–H groups in total. The normalized spacial score (nSPS) is 10.7. The molecule has 1 heterocycles. The predicted molar refractivity (Wildman–Crippen MR) is 127 cm³/mol. The highest BCUT2D eigenvalue weighted by Gasteiger charge is 2.19. The molecule has 0 aliphatic carbocycles. The van der Waals surface area contributed by atoms with Crippen LogP contribution in [0.2, 0.25) is 0 Å². The molecule has 1 amide bonds. The predicted octanol–water partition coefficient (Wildman–Crippen LogP) is 4.85. The molecule has 10 heteroatoms. The Bertz CT molecular complexity index is 1430. The van der Waals surface area contributed by atoms with Gasteiger partial charge in [-0.15, -0.1) is 0 Å². The second-order valence-corrected chi connectivity index (χ2v) is 7.75. The van der Waals surface area contributed by atoms with Crippen LogP contribution in [0.3, 0.4) is 0 Å². The maximum absolute atomic E-state index is 12.6. The van der Waals surface area contributed by atoms with Crippen LogP contribution in [0.25, 0.3) is 22.6 Å². The number of rotatable bonds is 4. The molecular formula is C23H18N4O5S. The Morgan fingerprint density at radius 3 is 2.70 bits per heavy atom. The van der Waals surface area contributed by atoms with Gasteiger partial charge in [0, 0.05) is 22.9 Å². The van der Waals surface area contributed by atoms with Gasteiger partial charge in [0.15, 0.2) is 10.7 Å². The van der Waals surface area contributed by atoms with Gasteiger partial charge in [0.1, 0.15) is 11.3 Å². The lowest BCUT2D eigenvalue weighted by Gasteiger charge is -2.12. The van der Waals surface area contributed by atoms with E-state index in [1.807, 2.05) is 25.1 Å². The van der Waals surface area contributed by atoms with Gasteiger partial charge in [-0.25, -0.2) is 4.98 Å². The van der Waals surface area contributed by atoms with Crippen molar-refractivity contribution in [3.05, 3.63) is 81.4 Å². The van der Waals surface area contributed by atoms with Crippen LogP contribution < -0.4 is 10.6 Å². The number of aryl methyl sites for hydroxylation is 1. The SMILES string of the molecule is Cc1ccc2nc(-c3cc(NC(=S)NC(=O)c4cccc([N+](=O)[O-])c4C)ccc3O)oc2c1. The number of phenols is 1.